The molecular formula is C102H106ClN25O20. The number of ether oxygens (including phenoxy) is 12. The summed E-state index contributed by atoms with van der Waals surface area (Å²) in [6.07, 6.45) is -6.22. The minimum atomic E-state index is -1.17. The van der Waals surface area contributed by atoms with Gasteiger partial charge in [0.1, 0.15) is 157 Å². The van der Waals surface area contributed by atoms with Crippen molar-refractivity contribution >= 4 is 108 Å². The third kappa shape index (κ3) is 16.4. The first-order valence-corrected chi connectivity index (χ1v) is 48.5. The second-order valence-corrected chi connectivity index (χ2v) is 39.1. The number of carbonyl (C=O) groups excluding carboxylic acids is 2. The number of hydrogen-bond donors (Lipinski definition) is 11. The number of aromatic nitrogens is 20. The number of nitrogens with zero attached hydrogens (tertiary/aromatic N) is 20. The predicted octanol–water partition coefficient (Wildman–Crippen LogP) is 8.16. The summed E-state index contributed by atoms with van der Waals surface area (Å²) in [5, 5.41) is 60.6. The maximum Gasteiger partial charge on any atom is 0.310 e. The van der Waals surface area contributed by atoms with E-state index in [1.165, 1.54) is 50.1 Å². The van der Waals surface area contributed by atoms with Crippen LogP contribution in [0.1, 0.15) is 186 Å². The van der Waals surface area contributed by atoms with Crippen molar-refractivity contribution < 1.29 is 97.1 Å². The number of fused-ring (bicyclic) bond motifs is 36. The highest BCUT2D eigenvalue weighted by molar-refractivity contribution is 6.28. The fraction of sp³-hybridized carbons (Fsp3) is 0.382. The molecule has 45 nitrogen and oxygen atoms in total. The molecule has 28 rings (SSSR count). The minimum Gasteiger partial charge on any atom is -0.394 e. The summed E-state index contributed by atoms with van der Waals surface area (Å²) >= 11 is 7.12. The van der Waals surface area contributed by atoms with E-state index in [-0.39, 0.29) is 84.2 Å². The van der Waals surface area contributed by atoms with E-state index in [0.717, 1.165) is 45.0 Å². The number of anilines is 5. The van der Waals surface area contributed by atoms with Gasteiger partial charge in [0.05, 0.1) is 18.3 Å². The van der Waals surface area contributed by atoms with Crippen LogP contribution in [0.4, 0.5) is 29.1 Å². The molecule has 10 aromatic heterocycles. The topological polar surface area (TPSA) is 614 Å². The zero-order valence-electron chi connectivity index (χ0n) is 81.2. The monoisotopic (exact) mass is 2040 g/mol. The summed E-state index contributed by atoms with van der Waals surface area (Å²) in [6.45, 7) is 16.0. The Hall–Kier alpha value is -14.2. The van der Waals surface area contributed by atoms with E-state index in [2.05, 4.69) is 161 Å². The second kappa shape index (κ2) is 38.2. The number of nitrogens with two attached hydrogens (primary N) is 5. The molecule has 12 aliphatic rings. The maximum absolute atomic E-state index is 10.6. The fourth-order valence-corrected chi connectivity index (χ4v) is 22.5. The highest BCUT2D eigenvalue weighted by Crippen LogP contribution is 2.57. The van der Waals surface area contributed by atoms with Crippen molar-refractivity contribution in [3.63, 3.8) is 0 Å². The van der Waals surface area contributed by atoms with Crippen LogP contribution in [0.5, 0.6) is 0 Å². The largest absolute Gasteiger partial charge is 0.394 e. The molecule has 25 atom stereocenters. The number of imidazole rings is 5. The number of methoxy groups -OCH3 is 1. The predicted molar refractivity (Wildman–Crippen MR) is 527 cm³/mol. The van der Waals surface area contributed by atoms with Crippen LogP contribution in [0.25, 0.3) is 55.8 Å². The van der Waals surface area contributed by atoms with Gasteiger partial charge in [0.2, 0.25) is 0 Å². The molecule has 12 aliphatic heterocycles. The summed E-state index contributed by atoms with van der Waals surface area (Å²) in [5.74, 6) is 2.07. The SMILES string of the molecule is CC(=O)OC(C)=O.CC1(C)OC2C3OC(C2O1)n1c(nc2c(N)ncnc21)C3O.CC1c2nc3c(N)ncnc3n2C2OC1C(O)C2O.CC1c2nc3c(N)ncnc3n2C2OC1C1OC(C)(C)OC12.COC1C2OC(C1OC(c1ccccc1)(c1ccccc1)c1ccccc1)n1c(nc3c(N)ncnc31)C2C.ClC(c1ccccc1)(c1ccccc1)c1ccccc1.Nc1ncnc2c1nc1n2C2OC(C1O)C(O)C2O. The molecule has 0 spiro atoms. The van der Waals surface area contributed by atoms with Crippen LogP contribution in [0.2, 0.25) is 0 Å². The first kappa shape index (κ1) is 98.5. The van der Waals surface area contributed by atoms with E-state index in [1.54, 1.807) is 16.2 Å². The molecule has 46 heteroatoms. The summed E-state index contributed by atoms with van der Waals surface area (Å²) in [5.41, 5.74) is 40.1. The molecule has 148 heavy (non-hydrogen) atoms. The lowest BCUT2D eigenvalue weighted by molar-refractivity contribution is -0.217. The Morgan fingerprint density at radius 3 is 0.959 bits per heavy atom. The first-order valence-electron chi connectivity index (χ1n) is 48.1. The van der Waals surface area contributed by atoms with Crippen molar-refractivity contribution in [1.29, 1.82) is 0 Å². The lowest BCUT2D eigenvalue weighted by atomic mass is 9.79. The maximum atomic E-state index is 10.6. The Balaban J connectivity index is 0.000000101. The third-order valence-electron chi connectivity index (χ3n) is 28.6. The summed E-state index contributed by atoms with van der Waals surface area (Å²) in [4.78, 5) is 82.8. The van der Waals surface area contributed by atoms with Crippen molar-refractivity contribution in [1.82, 2.24) is 97.6 Å². The number of esters is 2. The lowest BCUT2D eigenvalue weighted by Crippen LogP contribution is -2.44. The molecule has 6 aromatic carbocycles. The van der Waals surface area contributed by atoms with Crippen molar-refractivity contribution in [2.75, 3.05) is 35.8 Å². The van der Waals surface area contributed by atoms with Gasteiger partial charge < -0.3 is 116 Å². The molecule has 10 bridgehead atoms. The third-order valence-corrected chi connectivity index (χ3v) is 29.3. The Labute approximate surface area is 847 Å². The first-order chi connectivity index (χ1) is 71.2. The number of alkyl halides is 1. The smallest absolute Gasteiger partial charge is 0.310 e. The van der Waals surface area contributed by atoms with E-state index >= 15 is 0 Å². The minimum absolute atomic E-state index is 0.0670. The summed E-state index contributed by atoms with van der Waals surface area (Å²) in [6, 6.07) is 61.6. The van der Waals surface area contributed by atoms with E-state index in [9.17, 15) is 40.2 Å². The molecule has 0 aliphatic carbocycles. The number of aliphatic hydroxyl groups is 6. The standard InChI is InChI=1S/C31H29N5O3.C19H15Cl.C14H17N5O3.C13H15N5O4.C11H13N5O3.C10H11N5O4.C4H6O3/c1-19-24-25(37-2)26(30(38-24)36-28(19)35-23-27(32)33-18-34-29(23)36)39-31(20-12-6-3-7-13-20,21-14-8-4-9-15-21)22-16-10-5-11-17-22;20-19(16-10-4-1-5-11-16,17-12-6-2-7-13-17)18-14-8-3-9-15-18;1-5-7-8-9(22-14(2,3)21-8)13(20-7)19-11(5)18-6-10(15)16-4-17-12(6)19;1-13(2)21-7-6-5(19)11-17-4-9(14)15-3-16-10(4)18(11)12(20-6)8(7)22-13;1-3-7-5(17)6(18)11(19-7)16-9(3)15-4-8(12)13-2-14-10(4)16;11-7-2-8(13-1-12-7)15-9(14-2)5(18)6-3(16)4(17)10(15)19-6;1-3(5)7-4(2)6/h3-19,24-26,30H,1-2H3,(H2,32,33,34);1-15H;4-5,7-9,13H,1-3H3,(H2,15,16,17);3,5-8,12,19H,1-2H3,(H2,14,15,16);2-3,5-7,11,17-18H,1H3,(H2,12,13,14);1,3-6,10,16-18H,(H2,11,12,13);1-2H3. The van der Waals surface area contributed by atoms with Crippen molar-refractivity contribution in [3.8, 4) is 0 Å². The van der Waals surface area contributed by atoms with Crippen molar-refractivity contribution in [2.24, 2.45) is 0 Å². The zero-order chi connectivity index (χ0) is 103. The number of aliphatic hydroxyl groups excluding tert-OH is 6. The molecule has 0 saturated carbocycles. The Morgan fingerprint density at radius 2 is 0.601 bits per heavy atom. The van der Waals surface area contributed by atoms with Crippen LogP contribution in [-0.2, 0) is 76.9 Å². The van der Waals surface area contributed by atoms with Crippen molar-refractivity contribution in [3.05, 3.63) is 276 Å². The van der Waals surface area contributed by atoms with Gasteiger partial charge in [-0.1, -0.05) is 203 Å². The molecule has 0 radical (unpaired) electrons. The number of benzene rings is 6. The highest BCUT2D eigenvalue weighted by atomic mass is 35.5. The van der Waals surface area contributed by atoms with Crippen LogP contribution in [0.3, 0.4) is 0 Å². The molecule has 7 fully saturated rings. The molecule has 25 unspecified atom stereocenters. The number of carbonyl (C=O) groups is 2. The quantitative estimate of drug-likeness (QED) is 0.0281. The molecule has 7 saturated heterocycles. The van der Waals surface area contributed by atoms with Crippen LogP contribution in [0, 0.1) is 0 Å². The van der Waals surface area contributed by atoms with E-state index in [4.69, 9.17) is 97.4 Å². The molecular weight excluding hydrogens is 1930 g/mol. The number of hydrogen-bond acceptors (Lipinski definition) is 40. The van der Waals surface area contributed by atoms with Crippen molar-refractivity contribution in [2.45, 2.75) is 237 Å². The van der Waals surface area contributed by atoms with Gasteiger partial charge in [0.15, 0.2) is 128 Å². The van der Waals surface area contributed by atoms with Gasteiger partial charge >= 0.3 is 11.9 Å². The lowest BCUT2D eigenvalue weighted by Gasteiger charge is -2.40. The number of halogens is 1. The number of rotatable bonds is 9. The Bertz CT molecular complexity index is 7210. The fourth-order valence-electron chi connectivity index (χ4n) is 22.1. The van der Waals surface area contributed by atoms with E-state index in [1.807, 2.05) is 153 Å². The number of nitrogen functional groups attached to an aromatic ring is 5. The van der Waals surface area contributed by atoms with Crippen LogP contribution < -0.4 is 28.7 Å². The zero-order valence-corrected chi connectivity index (χ0v) is 82.0. The molecule has 16 N–H and O–H groups in total. The molecule has 22 heterocycles. The van der Waals surface area contributed by atoms with Gasteiger partial charge in [-0.3, -0.25) is 32.4 Å². The summed E-state index contributed by atoms with van der Waals surface area (Å²) < 4.78 is 80.4. The van der Waals surface area contributed by atoms with E-state index in [0.29, 0.717) is 84.9 Å². The normalized spacial score (nSPS) is 29.0. The molecule has 766 valence electrons. The average Bonchev–Trinajstić information content (AvgIpc) is 1.57. The van der Waals surface area contributed by atoms with Crippen LogP contribution in [0.15, 0.2) is 214 Å². The van der Waals surface area contributed by atoms with Crippen LogP contribution >= 0.6 is 11.6 Å². The van der Waals surface area contributed by atoms with Gasteiger partial charge in [-0.05, 0) is 61.1 Å². The summed E-state index contributed by atoms with van der Waals surface area (Å²) in [7, 11) is 1.72. The van der Waals surface area contributed by atoms with Gasteiger partial charge in [-0.2, -0.15) is 0 Å². The van der Waals surface area contributed by atoms with Gasteiger partial charge in [0, 0.05) is 38.7 Å². The highest BCUT2D eigenvalue weighted by Gasteiger charge is 2.65. The Kier molecular flexibility index (Phi) is 25.4. The second-order valence-electron chi connectivity index (χ2n) is 38.6. The molecule has 0 amide bonds. The van der Waals surface area contributed by atoms with Gasteiger partial charge in [-0.15, -0.1) is 11.6 Å². The molecule has 16 aromatic rings. The average molecular weight is 2040 g/mol. The van der Waals surface area contributed by atoms with Crippen LogP contribution in [-0.4, -0.2) is 250 Å². The van der Waals surface area contributed by atoms with E-state index < -0.39 is 120 Å². The van der Waals surface area contributed by atoms with Gasteiger partial charge in [-0.25, -0.2) is 74.8 Å². The van der Waals surface area contributed by atoms with Gasteiger partial charge in [0.25, 0.3) is 0 Å². The Morgan fingerprint density at radius 1 is 0.331 bits per heavy atom.